The Hall–Kier alpha value is -0.541. The molecule has 0 rings (SSSR count). The average molecular weight is 159 g/mol. The van der Waals surface area contributed by atoms with Crippen molar-refractivity contribution in [3.8, 4) is 0 Å². The third kappa shape index (κ3) is 9.07. The van der Waals surface area contributed by atoms with Crippen LogP contribution in [0.2, 0.25) is 0 Å². The van der Waals surface area contributed by atoms with E-state index in [0.29, 0.717) is 0 Å². The molecule has 0 aliphatic rings. The minimum atomic E-state index is -0.687. The summed E-state index contributed by atoms with van der Waals surface area (Å²) in [7, 11) is 0. The Morgan fingerprint density at radius 3 is 1.50 bits per heavy atom. The zero-order chi connectivity index (χ0) is 5.86. The van der Waals surface area contributed by atoms with E-state index in [1.54, 1.807) is 0 Å². The van der Waals surface area contributed by atoms with Crippen LogP contribution in [0.1, 0.15) is 7.85 Å². The van der Waals surface area contributed by atoms with E-state index >= 15 is 0 Å². The molecular formula is C3H7FeN2O2+. The van der Waals surface area contributed by atoms with Crippen LogP contribution in [-0.4, -0.2) is 11.8 Å². The van der Waals surface area contributed by atoms with Crippen molar-refractivity contribution in [2.75, 3.05) is 0 Å². The molecule has 0 bridgehead atoms. The quantitative estimate of drug-likeness (QED) is 0.377. The predicted molar refractivity (Wildman–Crippen MR) is 24.1 cm³/mol. The third-order valence-corrected chi connectivity index (χ3v) is 0.348. The van der Waals surface area contributed by atoms with E-state index in [-0.39, 0.29) is 24.9 Å². The molecule has 4 N–H and O–H groups in total. The molecule has 0 radical (unpaired) electrons. The maximum atomic E-state index is 9.73. The van der Waals surface area contributed by atoms with Gasteiger partial charge in [0.2, 0.25) is 11.8 Å². The molecule has 0 saturated carbocycles. The summed E-state index contributed by atoms with van der Waals surface area (Å²) in [5, 5.41) is 0. The van der Waals surface area contributed by atoms with Gasteiger partial charge in [0.1, 0.15) is 6.42 Å². The Morgan fingerprint density at radius 2 is 1.50 bits per heavy atom. The second-order valence-electron chi connectivity index (χ2n) is 1.11. The Kier molecular flexibility index (Phi) is 6.02. The van der Waals surface area contributed by atoms with Crippen LogP contribution in [0.25, 0.3) is 0 Å². The van der Waals surface area contributed by atoms with Crippen LogP contribution in [0.3, 0.4) is 0 Å². The molecule has 48 valence electrons. The summed E-state index contributed by atoms with van der Waals surface area (Å²) in [5.41, 5.74) is 9.11. The monoisotopic (exact) mass is 159 g/mol. The van der Waals surface area contributed by atoms with Crippen LogP contribution in [-0.2, 0) is 26.7 Å². The predicted octanol–water partition coefficient (Wildman–Crippen LogP) is -1.54. The second kappa shape index (κ2) is 4.61. The number of carbonyl (C=O) groups excluding carboxylic acids is 2. The van der Waals surface area contributed by atoms with E-state index in [1.165, 1.54) is 0 Å². The Morgan fingerprint density at radius 1 is 1.25 bits per heavy atom. The van der Waals surface area contributed by atoms with Crippen molar-refractivity contribution >= 4 is 11.8 Å². The molecule has 0 atom stereocenters. The fourth-order valence-corrected chi connectivity index (χ4v) is 0.172. The summed E-state index contributed by atoms with van der Waals surface area (Å²) < 4.78 is 0. The summed E-state index contributed by atoms with van der Waals surface area (Å²) >= 11 is 0. The van der Waals surface area contributed by atoms with Gasteiger partial charge in [0, 0.05) is 17.1 Å². The van der Waals surface area contributed by atoms with E-state index in [1.807, 2.05) is 0 Å². The minimum Gasteiger partial charge on any atom is -0.369 e. The maximum Gasteiger partial charge on any atom is 1.00 e. The Labute approximate surface area is 58.6 Å². The number of amides is 2. The first-order valence-electron chi connectivity index (χ1n) is 1.69. The van der Waals surface area contributed by atoms with Gasteiger partial charge < -0.3 is 11.5 Å². The number of rotatable bonds is 2. The van der Waals surface area contributed by atoms with Crippen molar-refractivity contribution in [2.45, 2.75) is 6.42 Å². The molecule has 0 aromatic carbocycles. The molecule has 0 unspecified atom stereocenters. The average Bonchev–Trinajstić information content (AvgIpc) is 1.27. The van der Waals surface area contributed by atoms with Crippen LogP contribution in [0.15, 0.2) is 0 Å². The third-order valence-electron chi connectivity index (χ3n) is 0.348. The van der Waals surface area contributed by atoms with E-state index < -0.39 is 11.8 Å². The van der Waals surface area contributed by atoms with Gasteiger partial charge in [-0.25, -0.2) is 0 Å². The zero-order valence-electron chi connectivity index (χ0n) is 5.03. The van der Waals surface area contributed by atoms with Crippen molar-refractivity contribution in [3.63, 3.8) is 0 Å². The van der Waals surface area contributed by atoms with Gasteiger partial charge in [0.25, 0.3) is 0 Å². The van der Waals surface area contributed by atoms with Gasteiger partial charge in [-0.2, -0.15) is 0 Å². The van der Waals surface area contributed by atoms with Crippen molar-refractivity contribution in [3.05, 3.63) is 0 Å². The molecule has 0 aromatic heterocycles. The minimum absolute atomic E-state index is 0. The second-order valence-corrected chi connectivity index (χ2v) is 1.11. The first kappa shape index (κ1) is 10.4. The van der Waals surface area contributed by atoms with Gasteiger partial charge in [0.15, 0.2) is 0 Å². The SMILES string of the molecule is NC(=O)CC(N)=O.[Fe].[H+]. The molecule has 0 fully saturated rings. The number of carbonyl (C=O) groups is 2. The molecule has 0 aromatic rings. The van der Waals surface area contributed by atoms with E-state index in [9.17, 15) is 9.59 Å². The van der Waals surface area contributed by atoms with Crippen molar-refractivity contribution in [1.82, 2.24) is 0 Å². The number of primary amides is 2. The molecule has 4 nitrogen and oxygen atoms in total. The first-order valence-corrected chi connectivity index (χ1v) is 1.69. The van der Waals surface area contributed by atoms with Crippen molar-refractivity contribution in [1.29, 1.82) is 0 Å². The normalized spacial score (nSPS) is 7.00. The van der Waals surface area contributed by atoms with Gasteiger partial charge >= 0.3 is 1.43 Å². The molecule has 5 heteroatoms. The summed E-state index contributed by atoms with van der Waals surface area (Å²) in [4.78, 5) is 19.5. The van der Waals surface area contributed by atoms with Crippen LogP contribution in [0.5, 0.6) is 0 Å². The topological polar surface area (TPSA) is 86.2 Å². The van der Waals surface area contributed by atoms with E-state index in [2.05, 4.69) is 11.5 Å². The molecule has 0 spiro atoms. The standard InChI is InChI=1S/C3H6N2O2.Fe/c4-2(6)1-3(5)7;/h1H2,(H2,4,6)(H2,5,7);/p+1. The fourth-order valence-electron chi connectivity index (χ4n) is 0.172. The van der Waals surface area contributed by atoms with E-state index in [0.717, 1.165) is 0 Å². The summed E-state index contributed by atoms with van der Waals surface area (Å²) in [6.45, 7) is 0. The summed E-state index contributed by atoms with van der Waals surface area (Å²) in [6.07, 6.45) is -0.361. The largest absolute Gasteiger partial charge is 1.00 e. The maximum absolute atomic E-state index is 9.73. The van der Waals surface area contributed by atoms with Crippen LogP contribution >= 0.6 is 0 Å². The van der Waals surface area contributed by atoms with Gasteiger partial charge in [-0.1, -0.05) is 0 Å². The molecule has 0 aliphatic heterocycles. The van der Waals surface area contributed by atoms with Gasteiger partial charge in [-0.3, -0.25) is 9.59 Å². The van der Waals surface area contributed by atoms with Crippen LogP contribution in [0, 0.1) is 0 Å². The van der Waals surface area contributed by atoms with Gasteiger partial charge in [-0.15, -0.1) is 0 Å². The Bertz CT molecular complexity index is 96.0. The molecule has 0 heterocycles. The van der Waals surface area contributed by atoms with Crippen molar-refractivity contribution in [2.24, 2.45) is 11.5 Å². The molecule has 2 amide bonds. The summed E-state index contributed by atoms with van der Waals surface area (Å²) in [6, 6.07) is 0. The van der Waals surface area contributed by atoms with Crippen LogP contribution < -0.4 is 11.5 Å². The smallest absolute Gasteiger partial charge is 0.369 e. The zero-order valence-corrected chi connectivity index (χ0v) is 5.14. The van der Waals surface area contributed by atoms with Gasteiger partial charge in [0.05, 0.1) is 0 Å². The summed E-state index contributed by atoms with van der Waals surface area (Å²) in [5.74, 6) is -1.37. The first-order chi connectivity index (χ1) is 3.13. The number of nitrogens with two attached hydrogens (primary N) is 2. The number of hydrogen-bond donors (Lipinski definition) is 2. The van der Waals surface area contributed by atoms with E-state index in [4.69, 9.17) is 0 Å². The molecule has 8 heavy (non-hydrogen) atoms. The molecule has 0 saturated heterocycles. The van der Waals surface area contributed by atoms with Gasteiger partial charge in [-0.05, 0) is 0 Å². The van der Waals surface area contributed by atoms with Crippen molar-refractivity contribution < 1.29 is 28.1 Å². The molecule has 0 aliphatic carbocycles. The van der Waals surface area contributed by atoms with Crippen LogP contribution in [0.4, 0.5) is 0 Å². The Balaban J connectivity index is -0.000000180. The number of hydrogen-bond acceptors (Lipinski definition) is 2. The fraction of sp³-hybridized carbons (Fsp3) is 0.333. The molecular weight excluding hydrogens is 152 g/mol.